The highest BCUT2D eigenvalue weighted by molar-refractivity contribution is 4.86. The van der Waals surface area contributed by atoms with Gasteiger partial charge in [0.15, 0.2) is 0 Å². The molecule has 2 fully saturated rings. The lowest BCUT2D eigenvalue weighted by Gasteiger charge is -2.28. The van der Waals surface area contributed by atoms with E-state index in [0.717, 1.165) is 5.92 Å². The first kappa shape index (κ1) is 11.4. The lowest BCUT2D eigenvalue weighted by atomic mass is 9.83. The van der Waals surface area contributed by atoms with Crippen LogP contribution in [-0.4, -0.2) is 26.2 Å². The van der Waals surface area contributed by atoms with Gasteiger partial charge in [0.25, 0.3) is 0 Å². The van der Waals surface area contributed by atoms with Gasteiger partial charge < -0.3 is 10.6 Å². The molecule has 1 saturated heterocycles. The fraction of sp³-hybridized carbons (Fsp3) is 1.00. The zero-order valence-corrected chi connectivity index (χ0v) is 10.1. The van der Waals surface area contributed by atoms with Crippen molar-refractivity contribution < 1.29 is 0 Å². The fourth-order valence-electron chi connectivity index (χ4n) is 3.21. The second kappa shape index (κ2) is 5.31. The minimum Gasteiger partial charge on any atom is -0.316 e. The number of hydrogen-bond donors (Lipinski definition) is 2. The van der Waals surface area contributed by atoms with Crippen LogP contribution in [0.3, 0.4) is 0 Å². The predicted octanol–water partition coefficient (Wildman–Crippen LogP) is 2.16. The first-order valence-corrected chi connectivity index (χ1v) is 6.76. The molecule has 1 heterocycles. The number of rotatable bonds is 5. The molecule has 0 amide bonds. The molecule has 1 aliphatic carbocycles. The number of nitrogens with one attached hydrogen (secondary N) is 2. The Morgan fingerprint density at radius 1 is 1.33 bits per heavy atom. The molecule has 2 aliphatic rings. The molecule has 1 atom stereocenters. The Balaban J connectivity index is 1.67. The average molecular weight is 210 g/mol. The molecule has 2 rings (SSSR count). The molecule has 88 valence electrons. The molecule has 2 N–H and O–H groups in total. The van der Waals surface area contributed by atoms with E-state index in [0.29, 0.717) is 5.41 Å². The molecular weight excluding hydrogens is 184 g/mol. The van der Waals surface area contributed by atoms with Crippen molar-refractivity contribution in [3.63, 3.8) is 0 Å². The third-order valence-electron chi connectivity index (χ3n) is 4.51. The van der Waals surface area contributed by atoms with Crippen LogP contribution < -0.4 is 10.6 Å². The molecular formula is C13H26N2. The first-order chi connectivity index (χ1) is 7.35. The molecule has 0 aromatic carbocycles. The lowest BCUT2D eigenvalue weighted by Crippen LogP contribution is -2.35. The van der Waals surface area contributed by atoms with Gasteiger partial charge in [-0.25, -0.2) is 0 Å². The van der Waals surface area contributed by atoms with Gasteiger partial charge >= 0.3 is 0 Å². The van der Waals surface area contributed by atoms with Crippen LogP contribution in [0.5, 0.6) is 0 Å². The summed E-state index contributed by atoms with van der Waals surface area (Å²) in [6, 6.07) is 0. The second-order valence-corrected chi connectivity index (χ2v) is 5.55. The van der Waals surface area contributed by atoms with Crippen molar-refractivity contribution >= 4 is 0 Å². The number of hydrogen-bond acceptors (Lipinski definition) is 2. The van der Waals surface area contributed by atoms with E-state index in [9.17, 15) is 0 Å². The normalized spacial score (nSPS) is 29.8. The summed E-state index contributed by atoms with van der Waals surface area (Å²) in [4.78, 5) is 0. The van der Waals surface area contributed by atoms with E-state index in [1.165, 1.54) is 64.7 Å². The Morgan fingerprint density at radius 3 is 2.73 bits per heavy atom. The summed E-state index contributed by atoms with van der Waals surface area (Å²) in [5.41, 5.74) is 0.659. The van der Waals surface area contributed by atoms with Gasteiger partial charge in [-0.05, 0) is 56.7 Å². The zero-order chi connectivity index (χ0) is 10.6. The smallest absolute Gasteiger partial charge is 0.000783 e. The predicted molar refractivity (Wildman–Crippen MR) is 65.0 cm³/mol. The fourth-order valence-corrected chi connectivity index (χ4v) is 3.21. The topological polar surface area (TPSA) is 24.1 Å². The van der Waals surface area contributed by atoms with Crippen LogP contribution in [-0.2, 0) is 0 Å². The molecule has 0 aromatic rings. The highest BCUT2D eigenvalue weighted by atomic mass is 14.9. The molecule has 15 heavy (non-hydrogen) atoms. The largest absolute Gasteiger partial charge is 0.316 e. The van der Waals surface area contributed by atoms with Crippen LogP contribution >= 0.6 is 0 Å². The van der Waals surface area contributed by atoms with E-state index in [-0.39, 0.29) is 0 Å². The van der Waals surface area contributed by atoms with E-state index >= 15 is 0 Å². The lowest BCUT2D eigenvalue weighted by molar-refractivity contribution is 0.263. The van der Waals surface area contributed by atoms with Crippen LogP contribution in [0.4, 0.5) is 0 Å². The van der Waals surface area contributed by atoms with Crippen molar-refractivity contribution in [1.82, 2.24) is 10.6 Å². The van der Waals surface area contributed by atoms with E-state index in [2.05, 4.69) is 17.6 Å². The summed E-state index contributed by atoms with van der Waals surface area (Å²) in [5, 5.41) is 7.16. The van der Waals surface area contributed by atoms with Crippen LogP contribution in [0.15, 0.2) is 0 Å². The van der Waals surface area contributed by atoms with Crippen molar-refractivity contribution in [1.29, 1.82) is 0 Å². The van der Waals surface area contributed by atoms with Crippen LogP contribution in [0.2, 0.25) is 0 Å². The Morgan fingerprint density at radius 2 is 2.13 bits per heavy atom. The Bertz CT molecular complexity index is 179. The summed E-state index contributed by atoms with van der Waals surface area (Å²) in [7, 11) is 0. The molecule has 1 unspecified atom stereocenters. The Hall–Kier alpha value is -0.0800. The SMILES string of the molecule is CCC1(CNCC2CCNC2)CCCC1. The van der Waals surface area contributed by atoms with Crippen molar-refractivity contribution in [2.75, 3.05) is 26.2 Å². The summed E-state index contributed by atoms with van der Waals surface area (Å²) in [6.45, 7) is 7.32. The third kappa shape index (κ3) is 2.94. The van der Waals surface area contributed by atoms with Gasteiger partial charge in [0.2, 0.25) is 0 Å². The van der Waals surface area contributed by atoms with Gasteiger partial charge in [-0.3, -0.25) is 0 Å². The van der Waals surface area contributed by atoms with E-state index in [4.69, 9.17) is 0 Å². The van der Waals surface area contributed by atoms with E-state index in [1.54, 1.807) is 0 Å². The molecule has 1 aliphatic heterocycles. The highest BCUT2D eigenvalue weighted by Gasteiger charge is 2.31. The maximum absolute atomic E-state index is 3.72. The van der Waals surface area contributed by atoms with Gasteiger partial charge in [0.1, 0.15) is 0 Å². The minimum absolute atomic E-state index is 0.659. The third-order valence-corrected chi connectivity index (χ3v) is 4.51. The van der Waals surface area contributed by atoms with Crippen molar-refractivity contribution in [2.24, 2.45) is 11.3 Å². The van der Waals surface area contributed by atoms with E-state index < -0.39 is 0 Å². The van der Waals surface area contributed by atoms with Crippen molar-refractivity contribution in [2.45, 2.75) is 45.4 Å². The summed E-state index contributed by atoms with van der Waals surface area (Å²) in [5.74, 6) is 0.889. The average Bonchev–Trinajstić information content (AvgIpc) is 2.89. The quantitative estimate of drug-likeness (QED) is 0.726. The molecule has 1 saturated carbocycles. The van der Waals surface area contributed by atoms with Crippen LogP contribution in [0.1, 0.15) is 45.4 Å². The summed E-state index contributed by atoms with van der Waals surface area (Å²) < 4.78 is 0. The van der Waals surface area contributed by atoms with Crippen LogP contribution in [0, 0.1) is 11.3 Å². The standard InChI is InChI=1S/C13H26N2/c1-2-13(6-3-4-7-13)11-15-10-12-5-8-14-9-12/h12,14-15H,2-11H2,1H3. The molecule has 0 bridgehead atoms. The summed E-state index contributed by atoms with van der Waals surface area (Å²) in [6.07, 6.45) is 8.56. The van der Waals surface area contributed by atoms with Crippen LogP contribution in [0.25, 0.3) is 0 Å². The van der Waals surface area contributed by atoms with Gasteiger partial charge in [-0.1, -0.05) is 19.8 Å². The van der Waals surface area contributed by atoms with Gasteiger partial charge in [0, 0.05) is 6.54 Å². The molecule has 0 spiro atoms. The maximum atomic E-state index is 3.72. The minimum atomic E-state index is 0.659. The van der Waals surface area contributed by atoms with E-state index in [1.807, 2.05) is 0 Å². The molecule has 2 nitrogen and oxygen atoms in total. The molecule has 0 aromatic heterocycles. The first-order valence-electron chi connectivity index (χ1n) is 6.76. The highest BCUT2D eigenvalue weighted by Crippen LogP contribution is 2.40. The monoisotopic (exact) mass is 210 g/mol. The van der Waals surface area contributed by atoms with Gasteiger partial charge in [0.05, 0.1) is 0 Å². The Kier molecular flexibility index (Phi) is 4.04. The maximum Gasteiger partial charge on any atom is 0.000783 e. The second-order valence-electron chi connectivity index (χ2n) is 5.55. The van der Waals surface area contributed by atoms with Crippen molar-refractivity contribution in [3.8, 4) is 0 Å². The van der Waals surface area contributed by atoms with Crippen molar-refractivity contribution in [3.05, 3.63) is 0 Å². The zero-order valence-electron chi connectivity index (χ0n) is 10.1. The molecule has 0 radical (unpaired) electrons. The van der Waals surface area contributed by atoms with Gasteiger partial charge in [-0.15, -0.1) is 0 Å². The van der Waals surface area contributed by atoms with Gasteiger partial charge in [-0.2, -0.15) is 0 Å². The molecule has 2 heteroatoms. The summed E-state index contributed by atoms with van der Waals surface area (Å²) >= 11 is 0. The Labute approximate surface area is 94.2 Å².